The fourth-order valence-corrected chi connectivity index (χ4v) is 2.69. The summed E-state index contributed by atoms with van der Waals surface area (Å²) in [6, 6.07) is 13.1. The second-order valence-electron chi connectivity index (χ2n) is 4.85. The second-order valence-corrected chi connectivity index (χ2v) is 6.17. The van der Waals surface area contributed by atoms with Crippen LogP contribution in [0.25, 0.3) is 10.9 Å². The number of aryl methyl sites for hydroxylation is 1. The third kappa shape index (κ3) is 3.31. The summed E-state index contributed by atoms with van der Waals surface area (Å²) in [5.41, 5.74) is 1.71. The van der Waals surface area contributed by atoms with Crippen LogP contribution in [0.3, 0.4) is 0 Å². The zero-order valence-electron chi connectivity index (χ0n) is 11.6. The molecule has 112 valence electrons. The van der Waals surface area contributed by atoms with Gasteiger partial charge in [0.1, 0.15) is 0 Å². The maximum atomic E-state index is 12.0. The molecule has 4 nitrogen and oxygen atoms in total. The van der Waals surface area contributed by atoms with Gasteiger partial charge >= 0.3 is 0 Å². The Morgan fingerprint density at radius 3 is 2.77 bits per heavy atom. The Balaban J connectivity index is 1.65. The van der Waals surface area contributed by atoms with E-state index in [0.29, 0.717) is 18.0 Å². The second kappa shape index (κ2) is 6.50. The fraction of sp³-hybridized carbons (Fsp3) is 0.125. The van der Waals surface area contributed by atoms with E-state index in [2.05, 4.69) is 26.3 Å². The topological polar surface area (TPSA) is 46.9 Å². The van der Waals surface area contributed by atoms with Crippen molar-refractivity contribution in [3.8, 4) is 0 Å². The number of carbonyl (C=O) groups excluding carboxylic acids is 1. The summed E-state index contributed by atoms with van der Waals surface area (Å²) >= 11 is 9.48. The van der Waals surface area contributed by atoms with Crippen LogP contribution in [0.15, 0.2) is 53.1 Å². The molecule has 0 unspecified atom stereocenters. The largest absolute Gasteiger partial charge is 0.326 e. The van der Waals surface area contributed by atoms with Crippen molar-refractivity contribution in [1.29, 1.82) is 0 Å². The summed E-state index contributed by atoms with van der Waals surface area (Å²) in [7, 11) is 0. The molecule has 3 aromatic rings. The minimum absolute atomic E-state index is 0.0481. The summed E-state index contributed by atoms with van der Waals surface area (Å²) in [6.07, 6.45) is 2.07. The van der Waals surface area contributed by atoms with E-state index in [9.17, 15) is 4.79 Å². The lowest BCUT2D eigenvalue weighted by atomic mass is 10.2. The van der Waals surface area contributed by atoms with Crippen LogP contribution in [0.2, 0.25) is 5.02 Å². The first-order valence-electron chi connectivity index (χ1n) is 6.79. The molecule has 0 fully saturated rings. The Hall–Kier alpha value is -1.85. The van der Waals surface area contributed by atoms with Gasteiger partial charge in [0.2, 0.25) is 5.91 Å². The first-order chi connectivity index (χ1) is 10.6. The molecule has 0 aliphatic heterocycles. The fourth-order valence-electron chi connectivity index (χ4n) is 2.21. The zero-order valence-corrected chi connectivity index (χ0v) is 13.9. The van der Waals surface area contributed by atoms with Crippen LogP contribution in [0, 0.1) is 0 Å². The Labute approximate surface area is 141 Å². The molecule has 0 atom stereocenters. The average Bonchev–Trinajstić information content (AvgIpc) is 2.92. The van der Waals surface area contributed by atoms with Gasteiger partial charge < -0.3 is 5.32 Å². The quantitative estimate of drug-likeness (QED) is 0.727. The first-order valence-corrected chi connectivity index (χ1v) is 7.96. The highest BCUT2D eigenvalue weighted by Crippen LogP contribution is 2.22. The molecule has 0 aliphatic rings. The summed E-state index contributed by atoms with van der Waals surface area (Å²) in [6.45, 7) is 0.506. The van der Waals surface area contributed by atoms with Crippen molar-refractivity contribution in [2.24, 2.45) is 0 Å². The van der Waals surface area contributed by atoms with Gasteiger partial charge in [-0.3, -0.25) is 9.48 Å². The van der Waals surface area contributed by atoms with Gasteiger partial charge in [0.05, 0.1) is 23.3 Å². The maximum absolute atomic E-state index is 12.0. The number of halogens is 2. The number of carbonyl (C=O) groups is 1. The van der Waals surface area contributed by atoms with E-state index in [0.717, 1.165) is 21.1 Å². The minimum atomic E-state index is -0.0481. The molecule has 0 radical (unpaired) electrons. The van der Waals surface area contributed by atoms with Crippen molar-refractivity contribution in [1.82, 2.24) is 9.78 Å². The Bertz CT molecular complexity index is 814. The van der Waals surface area contributed by atoms with E-state index in [-0.39, 0.29) is 5.91 Å². The molecule has 1 aromatic heterocycles. The first kappa shape index (κ1) is 15.1. The molecule has 1 amide bonds. The van der Waals surface area contributed by atoms with Gasteiger partial charge in [0.25, 0.3) is 0 Å². The summed E-state index contributed by atoms with van der Waals surface area (Å²) in [5.74, 6) is -0.0481. The molecule has 3 rings (SSSR count). The summed E-state index contributed by atoms with van der Waals surface area (Å²) in [4.78, 5) is 12.0. The van der Waals surface area contributed by atoms with E-state index in [1.54, 1.807) is 10.9 Å². The highest BCUT2D eigenvalue weighted by atomic mass is 79.9. The smallest absolute Gasteiger partial charge is 0.226 e. The Kier molecular flexibility index (Phi) is 4.45. The molecular weight excluding hydrogens is 366 g/mol. The molecule has 0 saturated carbocycles. The van der Waals surface area contributed by atoms with Crippen molar-refractivity contribution in [2.75, 3.05) is 5.32 Å². The standard InChI is InChI=1S/C16H13BrClN3O/c17-11-4-6-12(7-5-11)20-16(22)8-9-21-15-3-1-2-14(18)13(15)10-19-21/h1-7,10H,8-9H2,(H,20,22). The van der Waals surface area contributed by atoms with Crippen LogP contribution in [0.1, 0.15) is 6.42 Å². The third-order valence-electron chi connectivity index (χ3n) is 3.31. The van der Waals surface area contributed by atoms with Crippen LogP contribution >= 0.6 is 27.5 Å². The molecule has 2 aromatic carbocycles. The number of benzene rings is 2. The predicted octanol–water partition coefficient (Wildman–Crippen LogP) is 4.48. The minimum Gasteiger partial charge on any atom is -0.326 e. The monoisotopic (exact) mass is 377 g/mol. The van der Waals surface area contributed by atoms with Gasteiger partial charge in [-0.1, -0.05) is 33.6 Å². The van der Waals surface area contributed by atoms with E-state index in [1.165, 1.54) is 0 Å². The molecule has 6 heteroatoms. The number of fused-ring (bicyclic) bond motifs is 1. The van der Waals surface area contributed by atoms with Crippen molar-refractivity contribution in [3.05, 3.63) is 58.2 Å². The highest BCUT2D eigenvalue weighted by Gasteiger charge is 2.08. The molecule has 22 heavy (non-hydrogen) atoms. The van der Waals surface area contributed by atoms with E-state index >= 15 is 0 Å². The van der Waals surface area contributed by atoms with Crippen molar-refractivity contribution >= 4 is 50.0 Å². The lowest BCUT2D eigenvalue weighted by Crippen LogP contribution is -2.14. The molecule has 1 N–H and O–H groups in total. The lowest BCUT2D eigenvalue weighted by Gasteiger charge is -2.06. The number of anilines is 1. The van der Waals surface area contributed by atoms with Crippen molar-refractivity contribution in [2.45, 2.75) is 13.0 Å². The third-order valence-corrected chi connectivity index (χ3v) is 4.17. The Morgan fingerprint density at radius 2 is 2.00 bits per heavy atom. The zero-order chi connectivity index (χ0) is 15.5. The number of amides is 1. The number of nitrogens with zero attached hydrogens (tertiary/aromatic N) is 2. The van der Waals surface area contributed by atoms with Gasteiger partial charge in [-0.25, -0.2) is 0 Å². The van der Waals surface area contributed by atoms with Crippen LogP contribution in [-0.4, -0.2) is 15.7 Å². The summed E-state index contributed by atoms with van der Waals surface area (Å²) < 4.78 is 2.77. The van der Waals surface area contributed by atoms with Gasteiger partial charge in [-0.05, 0) is 36.4 Å². The van der Waals surface area contributed by atoms with Crippen LogP contribution in [-0.2, 0) is 11.3 Å². The van der Waals surface area contributed by atoms with E-state index in [4.69, 9.17) is 11.6 Å². The average molecular weight is 379 g/mol. The highest BCUT2D eigenvalue weighted by molar-refractivity contribution is 9.10. The number of hydrogen-bond acceptors (Lipinski definition) is 2. The number of hydrogen-bond donors (Lipinski definition) is 1. The lowest BCUT2D eigenvalue weighted by molar-refractivity contribution is -0.116. The molecular formula is C16H13BrClN3O. The predicted molar refractivity (Wildman–Crippen MR) is 92.1 cm³/mol. The van der Waals surface area contributed by atoms with Crippen LogP contribution in [0.5, 0.6) is 0 Å². The van der Waals surface area contributed by atoms with Gasteiger partial charge in [0.15, 0.2) is 0 Å². The summed E-state index contributed by atoms with van der Waals surface area (Å²) in [5, 5.41) is 8.73. The van der Waals surface area contributed by atoms with Crippen LogP contribution < -0.4 is 5.32 Å². The van der Waals surface area contributed by atoms with E-state index in [1.807, 2.05) is 42.5 Å². The molecule has 0 bridgehead atoms. The molecule has 0 aliphatic carbocycles. The van der Waals surface area contributed by atoms with Gasteiger partial charge in [-0.2, -0.15) is 5.10 Å². The molecule has 0 spiro atoms. The van der Waals surface area contributed by atoms with Crippen LogP contribution in [0.4, 0.5) is 5.69 Å². The maximum Gasteiger partial charge on any atom is 0.226 e. The molecule has 1 heterocycles. The SMILES string of the molecule is O=C(CCn1ncc2c(Cl)cccc21)Nc1ccc(Br)cc1. The van der Waals surface area contributed by atoms with Crippen molar-refractivity contribution in [3.63, 3.8) is 0 Å². The van der Waals surface area contributed by atoms with E-state index < -0.39 is 0 Å². The van der Waals surface area contributed by atoms with Gasteiger partial charge in [0, 0.05) is 22.0 Å². The normalized spacial score (nSPS) is 10.8. The van der Waals surface area contributed by atoms with Gasteiger partial charge in [-0.15, -0.1) is 0 Å². The Morgan fingerprint density at radius 1 is 1.23 bits per heavy atom. The number of aromatic nitrogens is 2. The van der Waals surface area contributed by atoms with Crippen molar-refractivity contribution < 1.29 is 4.79 Å². The molecule has 0 saturated heterocycles. The number of rotatable bonds is 4. The number of nitrogens with one attached hydrogen (secondary N) is 1.